The van der Waals surface area contributed by atoms with E-state index in [1.807, 2.05) is 0 Å². The van der Waals surface area contributed by atoms with Crippen LogP contribution in [0.4, 0.5) is 14.5 Å². The number of halogens is 3. The van der Waals surface area contributed by atoms with Gasteiger partial charge in [-0.05, 0) is 36.4 Å². The smallest absolute Gasteiger partial charge is 0.209 e. The highest BCUT2D eigenvalue weighted by Gasteiger charge is 2.14. The quantitative estimate of drug-likeness (QED) is 0.361. The summed E-state index contributed by atoms with van der Waals surface area (Å²) in [5, 5.41) is 15.5. The molecule has 2 N–H and O–H groups in total. The number of aromatic nitrogens is 3. The van der Waals surface area contributed by atoms with Gasteiger partial charge in [-0.3, -0.25) is 4.79 Å². The van der Waals surface area contributed by atoms with Crippen LogP contribution < -0.4 is 15.5 Å². The summed E-state index contributed by atoms with van der Waals surface area (Å²) in [7, 11) is 1.45. The van der Waals surface area contributed by atoms with Crippen LogP contribution in [-0.4, -0.2) is 27.7 Å². The molecular weight excluding hydrogens is 464 g/mol. The Bertz CT molecular complexity index is 1440. The van der Waals surface area contributed by atoms with Crippen molar-refractivity contribution in [3.8, 4) is 17.1 Å². The van der Waals surface area contributed by atoms with E-state index in [-0.39, 0.29) is 11.1 Å². The molecule has 0 aliphatic carbocycles. The number of allylic oxidation sites excluding steroid dienone is 1. The van der Waals surface area contributed by atoms with Gasteiger partial charge in [-0.25, -0.2) is 13.5 Å². The van der Waals surface area contributed by atoms with Gasteiger partial charge >= 0.3 is 0 Å². The summed E-state index contributed by atoms with van der Waals surface area (Å²) in [6, 6.07) is 13.1. The molecule has 0 atom stereocenters. The average Bonchev–Trinajstić information content (AvgIpc) is 3.17. The van der Waals surface area contributed by atoms with Crippen molar-refractivity contribution in [2.24, 2.45) is 0 Å². The minimum atomic E-state index is -0.965. The number of hydrogen-bond donors (Lipinski definition) is 2. The average molecular weight is 482 g/mol. The van der Waals surface area contributed by atoms with Crippen molar-refractivity contribution in [2.75, 3.05) is 12.4 Å². The minimum Gasteiger partial charge on any atom is -0.494 e. The summed E-state index contributed by atoms with van der Waals surface area (Å²) in [6.07, 6.45) is 5.96. The number of nitrogens with zero attached hydrogens (tertiary/aromatic N) is 3. The second-order valence-corrected chi connectivity index (χ2v) is 7.51. The molecule has 0 bridgehead atoms. The van der Waals surface area contributed by atoms with Crippen molar-refractivity contribution in [1.29, 1.82) is 5.41 Å². The fraction of sp³-hybridized carbons (Fsp3) is 0.0417. The first kappa shape index (κ1) is 22.9. The standard InChI is InChI=1S/C24H18ClF2N5O2/c1-34-23-12-17(31-13-18(26)19(27)14-31)5-6-21(23)32-10-8-22(33)24(30-32)20(7-9-28)29-16-4-2-3-15(25)11-16/h2-14,28-29H,1H3/b20-7-,28-9?. The molecule has 2 aromatic heterocycles. The monoisotopic (exact) mass is 481 g/mol. The number of methoxy groups -OCH3 is 1. The van der Waals surface area contributed by atoms with E-state index in [1.165, 1.54) is 34.7 Å². The lowest BCUT2D eigenvalue weighted by Crippen LogP contribution is -2.18. The van der Waals surface area contributed by atoms with Crippen molar-refractivity contribution in [1.82, 2.24) is 14.3 Å². The molecule has 34 heavy (non-hydrogen) atoms. The first-order chi connectivity index (χ1) is 16.4. The zero-order valence-corrected chi connectivity index (χ0v) is 18.6. The van der Waals surface area contributed by atoms with Crippen LogP contribution >= 0.6 is 11.6 Å². The molecule has 172 valence electrons. The molecule has 4 rings (SSSR count). The number of rotatable bonds is 7. The second kappa shape index (κ2) is 9.72. The van der Waals surface area contributed by atoms with Crippen molar-refractivity contribution < 1.29 is 13.5 Å². The van der Waals surface area contributed by atoms with Crippen molar-refractivity contribution in [3.63, 3.8) is 0 Å². The van der Waals surface area contributed by atoms with Gasteiger partial charge in [0.25, 0.3) is 0 Å². The first-order valence-electron chi connectivity index (χ1n) is 9.95. The van der Waals surface area contributed by atoms with Gasteiger partial charge in [-0.1, -0.05) is 17.7 Å². The maximum Gasteiger partial charge on any atom is 0.209 e. The van der Waals surface area contributed by atoms with Gasteiger partial charge in [0.05, 0.1) is 12.8 Å². The highest BCUT2D eigenvalue weighted by atomic mass is 35.5. The Morgan fingerprint density at radius 1 is 1.15 bits per heavy atom. The van der Waals surface area contributed by atoms with Gasteiger partial charge in [0, 0.05) is 53.3 Å². The number of benzene rings is 2. The predicted octanol–water partition coefficient (Wildman–Crippen LogP) is 5.07. The maximum atomic E-state index is 13.4. The molecule has 2 aromatic carbocycles. The lowest BCUT2D eigenvalue weighted by molar-refractivity contribution is 0.411. The Balaban J connectivity index is 1.75. The zero-order chi connectivity index (χ0) is 24.2. The van der Waals surface area contributed by atoms with E-state index in [4.69, 9.17) is 21.7 Å². The largest absolute Gasteiger partial charge is 0.494 e. The van der Waals surface area contributed by atoms with E-state index >= 15 is 0 Å². The molecule has 4 aromatic rings. The van der Waals surface area contributed by atoms with Gasteiger partial charge in [0.2, 0.25) is 5.43 Å². The van der Waals surface area contributed by atoms with Crippen LogP contribution in [0.5, 0.6) is 5.75 Å². The number of nitrogens with one attached hydrogen (secondary N) is 2. The normalized spacial score (nSPS) is 11.4. The molecule has 0 spiro atoms. The number of ether oxygens (including phenoxy) is 1. The van der Waals surface area contributed by atoms with Gasteiger partial charge in [0.1, 0.15) is 11.4 Å². The SMILES string of the molecule is COc1cc(-n2cc(F)c(F)c2)ccc1-n1ccc(=O)c(/C(=C/C=N)Nc2cccc(Cl)c2)n1. The summed E-state index contributed by atoms with van der Waals surface area (Å²) in [5.41, 5.74) is 1.56. The van der Waals surface area contributed by atoms with Crippen LogP contribution in [0.2, 0.25) is 5.02 Å². The lowest BCUT2D eigenvalue weighted by atomic mass is 10.2. The molecule has 7 nitrogen and oxygen atoms in total. The van der Waals surface area contributed by atoms with Crippen LogP contribution in [0.3, 0.4) is 0 Å². The molecule has 0 aliphatic rings. The Hall–Kier alpha value is -4.24. The Kier molecular flexibility index (Phi) is 6.55. The third-order valence-corrected chi connectivity index (χ3v) is 5.09. The molecule has 0 aliphatic heterocycles. The molecule has 0 saturated carbocycles. The molecule has 0 radical (unpaired) electrons. The Morgan fingerprint density at radius 2 is 1.91 bits per heavy atom. The minimum absolute atomic E-state index is 0.0617. The van der Waals surface area contributed by atoms with E-state index in [2.05, 4.69) is 10.4 Å². The number of anilines is 1. The fourth-order valence-electron chi connectivity index (χ4n) is 3.28. The molecule has 10 heteroatoms. The van der Waals surface area contributed by atoms with E-state index in [9.17, 15) is 13.6 Å². The van der Waals surface area contributed by atoms with Gasteiger partial charge in [0.15, 0.2) is 17.3 Å². The van der Waals surface area contributed by atoms with Crippen LogP contribution in [0.1, 0.15) is 5.69 Å². The van der Waals surface area contributed by atoms with E-state index in [0.717, 1.165) is 18.6 Å². The fourth-order valence-corrected chi connectivity index (χ4v) is 3.47. The predicted molar refractivity (Wildman–Crippen MR) is 127 cm³/mol. The van der Waals surface area contributed by atoms with Crippen LogP contribution in [0.25, 0.3) is 17.1 Å². The molecule has 0 fully saturated rings. The Labute approximate surface area is 198 Å². The third-order valence-electron chi connectivity index (χ3n) is 4.86. The van der Waals surface area contributed by atoms with Crippen LogP contribution in [-0.2, 0) is 0 Å². The molecular formula is C24H18ClF2N5O2. The topological polar surface area (TPSA) is 84.9 Å². The van der Waals surface area contributed by atoms with Crippen LogP contribution in [0, 0.1) is 17.0 Å². The van der Waals surface area contributed by atoms with E-state index in [1.54, 1.807) is 42.5 Å². The summed E-state index contributed by atoms with van der Waals surface area (Å²) >= 11 is 6.05. The first-order valence-corrected chi connectivity index (χ1v) is 10.3. The molecule has 0 saturated heterocycles. The van der Waals surface area contributed by atoms with E-state index in [0.29, 0.717) is 33.5 Å². The second-order valence-electron chi connectivity index (χ2n) is 7.07. The molecule has 0 unspecified atom stereocenters. The van der Waals surface area contributed by atoms with Gasteiger partial charge in [-0.15, -0.1) is 0 Å². The lowest BCUT2D eigenvalue weighted by Gasteiger charge is -2.15. The molecule has 2 heterocycles. The summed E-state index contributed by atoms with van der Waals surface area (Å²) in [6.45, 7) is 0. The van der Waals surface area contributed by atoms with Gasteiger partial charge < -0.3 is 20.0 Å². The Morgan fingerprint density at radius 3 is 2.59 bits per heavy atom. The summed E-state index contributed by atoms with van der Waals surface area (Å²) in [5.74, 6) is -1.57. The number of hydrogen-bond acceptors (Lipinski definition) is 5. The van der Waals surface area contributed by atoms with E-state index < -0.39 is 11.6 Å². The van der Waals surface area contributed by atoms with Crippen LogP contribution in [0.15, 0.2) is 78.0 Å². The van der Waals surface area contributed by atoms with Crippen molar-refractivity contribution in [3.05, 3.63) is 106 Å². The third kappa shape index (κ3) is 4.74. The maximum absolute atomic E-state index is 13.4. The highest BCUT2D eigenvalue weighted by Crippen LogP contribution is 2.27. The summed E-state index contributed by atoms with van der Waals surface area (Å²) in [4.78, 5) is 12.6. The van der Waals surface area contributed by atoms with Crippen molar-refractivity contribution >= 4 is 29.2 Å². The summed E-state index contributed by atoms with van der Waals surface area (Å²) < 4.78 is 35.1. The van der Waals surface area contributed by atoms with Crippen molar-refractivity contribution in [2.45, 2.75) is 0 Å². The molecule has 0 amide bonds. The zero-order valence-electron chi connectivity index (χ0n) is 17.8. The van der Waals surface area contributed by atoms with Gasteiger partial charge in [-0.2, -0.15) is 5.10 Å². The highest BCUT2D eigenvalue weighted by molar-refractivity contribution is 6.30.